The number of carbonyl (C=O) groups is 1. The molecule has 0 aromatic carbocycles. The van der Waals surface area contributed by atoms with Gasteiger partial charge >= 0.3 is 5.97 Å². The number of esters is 1. The van der Waals surface area contributed by atoms with Gasteiger partial charge in [0.05, 0.1) is 39.5 Å². The first kappa shape index (κ1) is 20.1. The van der Waals surface area contributed by atoms with Crippen LogP contribution in [0.5, 0.6) is 0 Å². The topological polar surface area (TPSA) is 80.7 Å². The van der Waals surface area contributed by atoms with Gasteiger partial charge in [-0.1, -0.05) is 6.58 Å². The normalized spacial score (nSPS) is 12.2. The first-order valence-corrected chi connectivity index (χ1v) is 8.74. The second-order valence-electron chi connectivity index (χ2n) is 6.00. The average Bonchev–Trinajstić information content (AvgIpc) is 2.32. The standard InChI is InChI=1S/C14H27NO5S/c1-13(2)14(16)20-11-8-10-15(3,4)9-6-5-7-12-21(17,18)19/h1,5-12H2,2-4H3/p+1. The Morgan fingerprint density at radius 2 is 1.71 bits per heavy atom. The van der Waals surface area contributed by atoms with Crippen LogP contribution in [0.2, 0.25) is 0 Å². The molecule has 0 amide bonds. The number of hydrogen-bond donors (Lipinski definition) is 1. The molecule has 0 radical (unpaired) electrons. The van der Waals surface area contributed by atoms with E-state index in [0.717, 1.165) is 36.8 Å². The summed E-state index contributed by atoms with van der Waals surface area (Å²) in [5, 5.41) is 0. The van der Waals surface area contributed by atoms with Crippen molar-refractivity contribution in [2.24, 2.45) is 0 Å². The summed E-state index contributed by atoms with van der Waals surface area (Å²) >= 11 is 0. The van der Waals surface area contributed by atoms with Crippen LogP contribution in [0.15, 0.2) is 12.2 Å². The van der Waals surface area contributed by atoms with Gasteiger partial charge in [0.2, 0.25) is 0 Å². The largest absolute Gasteiger partial charge is 0.462 e. The lowest BCUT2D eigenvalue weighted by molar-refractivity contribution is -0.890. The third-order valence-electron chi connectivity index (χ3n) is 3.16. The molecule has 0 unspecified atom stereocenters. The molecule has 0 heterocycles. The molecule has 0 aromatic heterocycles. The Morgan fingerprint density at radius 3 is 2.24 bits per heavy atom. The van der Waals surface area contributed by atoms with Gasteiger partial charge in [-0.05, 0) is 26.2 Å². The van der Waals surface area contributed by atoms with Gasteiger partial charge in [0.15, 0.2) is 0 Å². The predicted molar refractivity (Wildman–Crippen MR) is 82.5 cm³/mol. The number of ether oxygens (including phenoxy) is 1. The van der Waals surface area contributed by atoms with Crippen LogP contribution in [0.1, 0.15) is 32.6 Å². The number of quaternary nitrogens is 1. The molecule has 124 valence electrons. The molecule has 0 rings (SSSR count). The maximum absolute atomic E-state index is 11.2. The quantitative estimate of drug-likeness (QED) is 0.206. The third kappa shape index (κ3) is 12.5. The molecule has 0 spiro atoms. The van der Waals surface area contributed by atoms with E-state index in [0.29, 0.717) is 18.6 Å². The van der Waals surface area contributed by atoms with Crippen LogP contribution >= 0.6 is 0 Å². The fraction of sp³-hybridized carbons (Fsp3) is 0.786. The van der Waals surface area contributed by atoms with E-state index in [4.69, 9.17) is 9.29 Å². The summed E-state index contributed by atoms with van der Waals surface area (Å²) in [5.41, 5.74) is 0.405. The molecule has 0 bridgehead atoms. The van der Waals surface area contributed by atoms with Crippen LogP contribution in [-0.4, -0.2) is 63.0 Å². The first-order chi connectivity index (χ1) is 9.53. The summed E-state index contributed by atoms with van der Waals surface area (Å²) in [4.78, 5) is 11.2. The first-order valence-electron chi connectivity index (χ1n) is 7.13. The molecule has 6 nitrogen and oxygen atoms in total. The van der Waals surface area contributed by atoms with Crippen LogP contribution in [-0.2, 0) is 19.6 Å². The van der Waals surface area contributed by atoms with Crippen molar-refractivity contribution in [2.45, 2.75) is 32.6 Å². The van der Waals surface area contributed by atoms with Gasteiger partial charge in [-0.3, -0.25) is 4.55 Å². The third-order valence-corrected chi connectivity index (χ3v) is 3.96. The minimum atomic E-state index is -3.83. The molecule has 0 aliphatic rings. The van der Waals surface area contributed by atoms with E-state index in [1.807, 2.05) is 0 Å². The molecule has 1 N–H and O–H groups in total. The number of unbranched alkanes of at least 4 members (excludes halogenated alkanes) is 2. The predicted octanol–water partition coefficient (Wildman–Crippen LogP) is 1.63. The second-order valence-corrected chi connectivity index (χ2v) is 7.57. The summed E-state index contributed by atoms with van der Waals surface area (Å²) in [7, 11) is 0.340. The van der Waals surface area contributed by atoms with E-state index in [1.54, 1.807) is 6.92 Å². The monoisotopic (exact) mass is 322 g/mol. The Hall–Kier alpha value is -0.920. The number of hydrogen-bond acceptors (Lipinski definition) is 4. The maximum atomic E-state index is 11.2. The molecule has 0 aliphatic heterocycles. The zero-order valence-corrected chi connectivity index (χ0v) is 14.1. The minimum absolute atomic E-state index is 0.169. The molecule has 0 saturated carbocycles. The second kappa shape index (κ2) is 9.17. The summed E-state index contributed by atoms with van der Waals surface area (Å²) in [5.74, 6) is -0.525. The van der Waals surface area contributed by atoms with E-state index >= 15 is 0 Å². The fourth-order valence-corrected chi connectivity index (χ4v) is 2.46. The van der Waals surface area contributed by atoms with Crippen LogP contribution < -0.4 is 0 Å². The van der Waals surface area contributed by atoms with E-state index in [9.17, 15) is 13.2 Å². The van der Waals surface area contributed by atoms with Crippen molar-refractivity contribution in [1.82, 2.24) is 0 Å². The summed E-state index contributed by atoms with van der Waals surface area (Å²) in [6.45, 7) is 7.32. The highest BCUT2D eigenvalue weighted by atomic mass is 32.2. The molecule has 0 aliphatic carbocycles. The molecular formula is C14H28NO5S+. The van der Waals surface area contributed by atoms with E-state index < -0.39 is 10.1 Å². The van der Waals surface area contributed by atoms with Gasteiger partial charge in [0.25, 0.3) is 10.1 Å². The summed E-state index contributed by atoms with van der Waals surface area (Å²) in [6, 6.07) is 0. The molecule has 0 aromatic rings. The lowest BCUT2D eigenvalue weighted by Crippen LogP contribution is -2.41. The van der Waals surface area contributed by atoms with Gasteiger partial charge < -0.3 is 9.22 Å². The van der Waals surface area contributed by atoms with Crippen molar-refractivity contribution in [3.8, 4) is 0 Å². The smallest absolute Gasteiger partial charge is 0.333 e. The number of nitrogens with zero attached hydrogens (tertiary/aromatic N) is 1. The zero-order valence-electron chi connectivity index (χ0n) is 13.3. The molecule has 0 saturated heterocycles. The van der Waals surface area contributed by atoms with Crippen molar-refractivity contribution < 1.29 is 27.0 Å². The van der Waals surface area contributed by atoms with Crippen molar-refractivity contribution in [2.75, 3.05) is 39.5 Å². The summed E-state index contributed by atoms with van der Waals surface area (Å²) in [6.07, 6.45) is 2.92. The van der Waals surface area contributed by atoms with Gasteiger partial charge in [-0.25, -0.2) is 4.79 Å². The van der Waals surface area contributed by atoms with Gasteiger partial charge in [0.1, 0.15) is 0 Å². The van der Waals surface area contributed by atoms with Gasteiger partial charge in [-0.15, -0.1) is 0 Å². The Morgan fingerprint density at radius 1 is 1.14 bits per heavy atom. The Balaban J connectivity index is 3.74. The molecule has 21 heavy (non-hydrogen) atoms. The lowest BCUT2D eigenvalue weighted by atomic mass is 10.2. The fourth-order valence-electron chi connectivity index (χ4n) is 1.89. The van der Waals surface area contributed by atoms with Crippen LogP contribution in [0.3, 0.4) is 0 Å². The maximum Gasteiger partial charge on any atom is 0.333 e. The van der Waals surface area contributed by atoms with Crippen LogP contribution in [0, 0.1) is 0 Å². The molecule has 7 heteroatoms. The van der Waals surface area contributed by atoms with Gasteiger partial charge in [-0.2, -0.15) is 8.42 Å². The number of carbonyl (C=O) groups excluding carboxylic acids is 1. The Labute approximate surface area is 128 Å². The highest BCUT2D eigenvalue weighted by Gasteiger charge is 2.15. The lowest BCUT2D eigenvalue weighted by Gasteiger charge is -2.29. The van der Waals surface area contributed by atoms with Crippen LogP contribution in [0.4, 0.5) is 0 Å². The highest BCUT2D eigenvalue weighted by Crippen LogP contribution is 2.06. The summed E-state index contributed by atoms with van der Waals surface area (Å²) < 4.78 is 35.6. The van der Waals surface area contributed by atoms with Crippen molar-refractivity contribution in [3.63, 3.8) is 0 Å². The Bertz CT molecular complexity index is 442. The Kier molecular flexibility index (Phi) is 8.77. The van der Waals surface area contributed by atoms with E-state index in [-0.39, 0.29) is 11.7 Å². The average molecular weight is 322 g/mol. The SMILES string of the molecule is C=C(C)C(=O)OCCC[N+](C)(C)CCCCCS(=O)(=O)O. The van der Waals surface area contributed by atoms with Gasteiger partial charge in [0, 0.05) is 12.0 Å². The highest BCUT2D eigenvalue weighted by molar-refractivity contribution is 7.85. The molecule has 0 fully saturated rings. The zero-order chi connectivity index (χ0) is 16.5. The van der Waals surface area contributed by atoms with Crippen molar-refractivity contribution >= 4 is 16.1 Å². The van der Waals surface area contributed by atoms with E-state index in [2.05, 4.69) is 20.7 Å². The van der Waals surface area contributed by atoms with Crippen LogP contribution in [0.25, 0.3) is 0 Å². The molecular weight excluding hydrogens is 294 g/mol. The molecule has 0 atom stereocenters. The van der Waals surface area contributed by atoms with Crippen molar-refractivity contribution in [3.05, 3.63) is 12.2 Å². The number of rotatable bonds is 11. The van der Waals surface area contributed by atoms with Crippen molar-refractivity contribution in [1.29, 1.82) is 0 Å². The van der Waals surface area contributed by atoms with E-state index in [1.165, 1.54) is 0 Å². The minimum Gasteiger partial charge on any atom is -0.462 e.